The summed E-state index contributed by atoms with van der Waals surface area (Å²) in [6.45, 7) is 3.58. The fraction of sp³-hybridized carbons (Fsp3) is 0.556. The molecule has 1 aromatic carbocycles. The highest BCUT2D eigenvalue weighted by atomic mass is 35.5. The van der Waals surface area contributed by atoms with Gasteiger partial charge in [0.05, 0.1) is 33.6 Å². The number of thioether (sulfide) groups is 1. The van der Waals surface area contributed by atoms with Crippen LogP contribution in [0.15, 0.2) is 12.1 Å². The molecule has 0 aromatic heterocycles. The highest BCUT2D eigenvalue weighted by Crippen LogP contribution is 2.40. The molecule has 0 aliphatic carbocycles. The maximum atomic E-state index is 11.9. The van der Waals surface area contributed by atoms with Crippen molar-refractivity contribution < 1.29 is 28.5 Å². The van der Waals surface area contributed by atoms with Crippen LogP contribution < -0.4 is 14.2 Å². The molecule has 0 aliphatic rings. The van der Waals surface area contributed by atoms with E-state index in [9.17, 15) is 9.59 Å². The standard InChI is InChI=1S/C18H25ClO6S/c1-18(2,8-17(21)25-10-12(20)9-19)26-11-14-15(23-4)6-13(22-3)7-16(14)24-5/h6-7H,8-11H2,1-5H3. The van der Waals surface area contributed by atoms with Crippen LogP contribution in [0.1, 0.15) is 25.8 Å². The second-order valence-electron chi connectivity index (χ2n) is 6.07. The van der Waals surface area contributed by atoms with Crippen molar-refractivity contribution in [2.24, 2.45) is 0 Å². The molecule has 0 heterocycles. The topological polar surface area (TPSA) is 71.1 Å². The lowest BCUT2D eigenvalue weighted by atomic mass is 10.1. The zero-order valence-corrected chi connectivity index (χ0v) is 17.3. The number of ketones is 1. The highest BCUT2D eigenvalue weighted by Gasteiger charge is 2.26. The first-order valence-electron chi connectivity index (χ1n) is 7.92. The van der Waals surface area contributed by atoms with E-state index in [1.165, 1.54) is 0 Å². The normalized spacial score (nSPS) is 11.0. The molecule has 146 valence electrons. The zero-order chi connectivity index (χ0) is 19.7. The predicted molar refractivity (Wildman–Crippen MR) is 103 cm³/mol. The molecular weight excluding hydrogens is 380 g/mol. The van der Waals surface area contributed by atoms with E-state index in [-0.39, 0.29) is 24.7 Å². The Kier molecular flexibility index (Phi) is 9.08. The summed E-state index contributed by atoms with van der Waals surface area (Å²) in [6.07, 6.45) is 0.161. The molecule has 6 nitrogen and oxygen atoms in total. The van der Waals surface area contributed by atoms with Gasteiger partial charge in [0.1, 0.15) is 17.2 Å². The largest absolute Gasteiger partial charge is 0.496 e. The van der Waals surface area contributed by atoms with Crippen LogP contribution in [0, 0.1) is 0 Å². The maximum absolute atomic E-state index is 11.9. The number of rotatable bonds is 11. The van der Waals surface area contributed by atoms with Gasteiger partial charge in [0.2, 0.25) is 0 Å². The molecule has 26 heavy (non-hydrogen) atoms. The first-order valence-corrected chi connectivity index (χ1v) is 9.44. The average Bonchev–Trinajstić information content (AvgIpc) is 2.63. The van der Waals surface area contributed by atoms with Gasteiger partial charge in [-0.15, -0.1) is 11.6 Å². The maximum Gasteiger partial charge on any atom is 0.307 e. The predicted octanol–water partition coefficient (Wildman–Crippen LogP) is 3.47. The van der Waals surface area contributed by atoms with Crippen molar-refractivity contribution in [1.82, 2.24) is 0 Å². The Morgan fingerprint density at radius 2 is 1.65 bits per heavy atom. The molecule has 0 spiro atoms. The Balaban J connectivity index is 2.77. The lowest BCUT2D eigenvalue weighted by molar-refractivity contribution is -0.147. The van der Waals surface area contributed by atoms with Gasteiger partial charge in [0.15, 0.2) is 12.4 Å². The van der Waals surface area contributed by atoms with Gasteiger partial charge in [-0.3, -0.25) is 9.59 Å². The lowest BCUT2D eigenvalue weighted by Gasteiger charge is -2.24. The number of esters is 1. The van der Waals surface area contributed by atoms with Crippen molar-refractivity contribution >= 4 is 35.1 Å². The number of Topliss-reactive ketones (excluding diaryl/α,β-unsaturated/α-hetero) is 1. The third-order valence-corrected chi connectivity index (χ3v) is 5.19. The van der Waals surface area contributed by atoms with E-state index in [0.717, 1.165) is 5.56 Å². The number of carbonyl (C=O) groups excluding carboxylic acids is 2. The summed E-state index contributed by atoms with van der Waals surface area (Å²) >= 11 is 6.95. The highest BCUT2D eigenvalue weighted by molar-refractivity contribution is 7.99. The molecule has 0 radical (unpaired) electrons. The Morgan fingerprint density at radius 1 is 1.08 bits per heavy atom. The number of halogens is 1. The minimum absolute atomic E-state index is 0.161. The molecular formula is C18H25ClO6S. The van der Waals surface area contributed by atoms with Gasteiger partial charge in [0, 0.05) is 28.2 Å². The van der Waals surface area contributed by atoms with Gasteiger partial charge < -0.3 is 18.9 Å². The summed E-state index contributed by atoms with van der Waals surface area (Å²) < 4.78 is 20.7. The van der Waals surface area contributed by atoms with Crippen LogP contribution in [0.25, 0.3) is 0 Å². The van der Waals surface area contributed by atoms with Gasteiger partial charge in [-0.2, -0.15) is 11.8 Å². The van der Waals surface area contributed by atoms with E-state index < -0.39 is 10.7 Å². The molecule has 0 unspecified atom stereocenters. The molecule has 0 atom stereocenters. The minimum Gasteiger partial charge on any atom is -0.496 e. The van der Waals surface area contributed by atoms with Crippen molar-refractivity contribution in [3.8, 4) is 17.2 Å². The third kappa shape index (κ3) is 6.96. The van der Waals surface area contributed by atoms with Crippen molar-refractivity contribution in [2.45, 2.75) is 30.8 Å². The minimum atomic E-state index is -0.436. The van der Waals surface area contributed by atoms with Crippen LogP contribution in [0.4, 0.5) is 0 Å². The van der Waals surface area contributed by atoms with Gasteiger partial charge in [-0.25, -0.2) is 0 Å². The van der Waals surface area contributed by atoms with E-state index in [2.05, 4.69) is 0 Å². The SMILES string of the molecule is COc1cc(OC)c(CSC(C)(C)CC(=O)OCC(=O)CCl)c(OC)c1. The fourth-order valence-corrected chi connectivity index (χ4v) is 3.25. The number of methoxy groups -OCH3 is 3. The number of hydrogen-bond acceptors (Lipinski definition) is 7. The molecule has 0 saturated heterocycles. The second kappa shape index (κ2) is 10.5. The van der Waals surface area contributed by atoms with Crippen LogP contribution in [-0.2, 0) is 20.1 Å². The van der Waals surface area contributed by atoms with E-state index in [0.29, 0.717) is 23.0 Å². The van der Waals surface area contributed by atoms with E-state index >= 15 is 0 Å². The number of hydrogen-bond donors (Lipinski definition) is 0. The van der Waals surface area contributed by atoms with Crippen LogP contribution in [0.2, 0.25) is 0 Å². The van der Waals surface area contributed by atoms with Gasteiger partial charge in [-0.05, 0) is 0 Å². The molecule has 0 saturated carbocycles. The molecule has 0 fully saturated rings. The van der Waals surface area contributed by atoms with E-state index in [4.69, 9.17) is 30.5 Å². The summed E-state index contributed by atoms with van der Waals surface area (Å²) in [5, 5.41) is 0. The first-order chi connectivity index (χ1) is 12.3. The first kappa shape index (κ1) is 22.4. The molecule has 0 aliphatic heterocycles. The van der Waals surface area contributed by atoms with Crippen molar-refractivity contribution in [2.75, 3.05) is 33.8 Å². The summed E-state index contributed by atoms with van der Waals surface area (Å²) in [5.74, 6) is 1.59. The average molecular weight is 405 g/mol. The molecule has 0 N–H and O–H groups in total. The number of benzene rings is 1. The van der Waals surface area contributed by atoms with Crippen molar-refractivity contribution in [3.63, 3.8) is 0 Å². The van der Waals surface area contributed by atoms with Crippen molar-refractivity contribution in [3.05, 3.63) is 17.7 Å². The number of ether oxygens (including phenoxy) is 4. The quantitative estimate of drug-likeness (QED) is 0.413. The van der Waals surface area contributed by atoms with Crippen molar-refractivity contribution in [1.29, 1.82) is 0 Å². The summed E-state index contributed by atoms with van der Waals surface area (Å²) in [5.41, 5.74) is 0.875. The summed E-state index contributed by atoms with van der Waals surface area (Å²) in [4.78, 5) is 23.1. The summed E-state index contributed by atoms with van der Waals surface area (Å²) in [7, 11) is 4.74. The zero-order valence-electron chi connectivity index (χ0n) is 15.7. The molecule has 1 aromatic rings. The Morgan fingerprint density at radius 3 is 2.12 bits per heavy atom. The van der Waals surface area contributed by atoms with Crippen LogP contribution in [0.3, 0.4) is 0 Å². The Hall–Kier alpha value is -1.60. The lowest BCUT2D eigenvalue weighted by Crippen LogP contribution is -2.24. The Bertz CT molecular complexity index is 607. The van der Waals surface area contributed by atoms with E-state index in [1.54, 1.807) is 45.2 Å². The third-order valence-electron chi connectivity index (χ3n) is 3.54. The van der Waals surface area contributed by atoms with E-state index in [1.807, 2.05) is 13.8 Å². The summed E-state index contributed by atoms with van der Waals surface area (Å²) in [6, 6.07) is 3.58. The van der Waals surface area contributed by atoms with Crippen LogP contribution in [0.5, 0.6) is 17.2 Å². The molecule has 8 heteroatoms. The smallest absolute Gasteiger partial charge is 0.307 e. The van der Waals surface area contributed by atoms with Crippen LogP contribution >= 0.6 is 23.4 Å². The van der Waals surface area contributed by atoms with Gasteiger partial charge >= 0.3 is 5.97 Å². The molecule has 0 amide bonds. The Labute approximate surface area is 163 Å². The van der Waals surface area contributed by atoms with Gasteiger partial charge in [0.25, 0.3) is 0 Å². The monoisotopic (exact) mass is 404 g/mol. The van der Waals surface area contributed by atoms with Crippen LogP contribution in [-0.4, -0.2) is 50.3 Å². The number of carbonyl (C=O) groups is 2. The molecule has 1 rings (SSSR count). The second-order valence-corrected chi connectivity index (χ2v) is 8.02. The molecule has 0 bridgehead atoms. The number of alkyl halides is 1. The van der Waals surface area contributed by atoms with Gasteiger partial charge in [-0.1, -0.05) is 13.8 Å². The fourth-order valence-electron chi connectivity index (χ4n) is 2.14.